The van der Waals surface area contributed by atoms with Gasteiger partial charge in [-0.25, -0.2) is 13.1 Å². The number of carbonyl (C=O) groups excluding carboxylic acids is 1. The lowest BCUT2D eigenvalue weighted by molar-refractivity contribution is 0.0687. The van der Waals surface area contributed by atoms with Crippen molar-refractivity contribution in [3.8, 4) is 0 Å². The molecule has 6 heteroatoms. The number of likely N-dealkylation sites (tertiary alicyclic amines) is 1. The first-order valence-electron chi connectivity index (χ1n) is 9.36. The van der Waals surface area contributed by atoms with Gasteiger partial charge in [-0.2, -0.15) is 0 Å². The van der Waals surface area contributed by atoms with Gasteiger partial charge >= 0.3 is 0 Å². The van der Waals surface area contributed by atoms with E-state index in [1.807, 2.05) is 11.0 Å². The van der Waals surface area contributed by atoms with Gasteiger partial charge in [-0.15, -0.1) is 0 Å². The summed E-state index contributed by atoms with van der Waals surface area (Å²) in [7, 11) is -2.11. The number of nitrogens with zero attached hydrogens (tertiary/aromatic N) is 1. The fraction of sp³-hybridized carbons (Fsp3) is 0.381. The molecule has 144 valence electrons. The lowest BCUT2D eigenvalue weighted by atomic mass is 9.90. The van der Waals surface area contributed by atoms with Crippen molar-refractivity contribution < 1.29 is 13.2 Å². The lowest BCUT2D eigenvalue weighted by Crippen LogP contribution is -2.38. The van der Waals surface area contributed by atoms with E-state index in [1.54, 1.807) is 12.1 Å². The average Bonchev–Trinajstić information content (AvgIpc) is 2.73. The van der Waals surface area contributed by atoms with Gasteiger partial charge in [-0.1, -0.05) is 30.3 Å². The van der Waals surface area contributed by atoms with Gasteiger partial charge in [0.2, 0.25) is 10.0 Å². The Morgan fingerprint density at radius 1 is 1.04 bits per heavy atom. The van der Waals surface area contributed by atoms with Crippen molar-refractivity contribution in [3.05, 3.63) is 65.7 Å². The van der Waals surface area contributed by atoms with Gasteiger partial charge in [-0.05, 0) is 68.5 Å². The first-order valence-corrected chi connectivity index (χ1v) is 10.8. The van der Waals surface area contributed by atoms with Crippen molar-refractivity contribution in [2.75, 3.05) is 20.1 Å². The second-order valence-electron chi connectivity index (χ2n) is 6.99. The van der Waals surface area contributed by atoms with Crippen LogP contribution in [-0.4, -0.2) is 39.4 Å². The van der Waals surface area contributed by atoms with Crippen LogP contribution in [0.25, 0.3) is 0 Å². The second-order valence-corrected chi connectivity index (χ2v) is 8.88. The highest BCUT2D eigenvalue weighted by atomic mass is 32.2. The largest absolute Gasteiger partial charge is 0.339 e. The monoisotopic (exact) mass is 386 g/mol. The summed E-state index contributed by atoms with van der Waals surface area (Å²) < 4.78 is 25.8. The summed E-state index contributed by atoms with van der Waals surface area (Å²) in [5.74, 6) is 0.627. The summed E-state index contributed by atoms with van der Waals surface area (Å²) in [4.78, 5) is 14.7. The van der Waals surface area contributed by atoms with E-state index >= 15 is 0 Å². The van der Waals surface area contributed by atoms with Gasteiger partial charge in [0.25, 0.3) is 5.91 Å². The molecule has 1 aliphatic rings. The lowest BCUT2D eigenvalue weighted by Gasteiger charge is -2.32. The molecular formula is C21H26N2O3S. The number of amides is 1. The normalized spacial score (nSPS) is 15.7. The highest BCUT2D eigenvalue weighted by Gasteiger charge is 2.24. The van der Waals surface area contributed by atoms with Crippen LogP contribution in [0.15, 0.2) is 59.5 Å². The Labute approximate surface area is 161 Å². The maximum absolute atomic E-state index is 12.7. The minimum Gasteiger partial charge on any atom is -0.339 e. The maximum atomic E-state index is 12.7. The van der Waals surface area contributed by atoms with Crippen LogP contribution < -0.4 is 4.72 Å². The van der Waals surface area contributed by atoms with Crippen LogP contribution in [-0.2, 0) is 16.4 Å². The molecule has 1 heterocycles. The zero-order chi connectivity index (χ0) is 19.3. The van der Waals surface area contributed by atoms with Crippen molar-refractivity contribution in [1.29, 1.82) is 0 Å². The van der Waals surface area contributed by atoms with Crippen LogP contribution in [0.4, 0.5) is 0 Å². The highest BCUT2D eigenvalue weighted by Crippen LogP contribution is 2.24. The van der Waals surface area contributed by atoms with Crippen LogP contribution in [0.2, 0.25) is 0 Å². The molecule has 5 nitrogen and oxygen atoms in total. The Morgan fingerprint density at radius 2 is 1.67 bits per heavy atom. The SMILES string of the molecule is CNS(=O)(=O)c1ccc(C(=O)N2CCC(CCc3ccccc3)CC2)cc1. The molecule has 0 unspecified atom stereocenters. The van der Waals surface area contributed by atoms with Crippen molar-refractivity contribution in [2.45, 2.75) is 30.6 Å². The Bertz CT molecular complexity index is 856. The van der Waals surface area contributed by atoms with Gasteiger partial charge < -0.3 is 4.90 Å². The van der Waals surface area contributed by atoms with Gasteiger partial charge in [0.1, 0.15) is 0 Å². The number of benzene rings is 2. The third kappa shape index (κ3) is 4.96. The van der Waals surface area contributed by atoms with Gasteiger partial charge in [0, 0.05) is 18.7 Å². The Morgan fingerprint density at radius 3 is 2.26 bits per heavy atom. The van der Waals surface area contributed by atoms with Crippen molar-refractivity contribution >= 4 is 15.9 Å². The number of hydrogen-bond acceptors (Lipinski definition) is 3. The van der Waals surface area contributed by atoms with E-state index in [1.165, 1.54) is 24.7 Å². The van der Waals surface area contributed by atoms with Crippen LogP contribution in [0, 0.1) is 5.92 Å². The predicted octanol–water partition coefficient (Wildman–Crippen LogP) is 3.08. The molecule has 0 bridgehead atoms. The van der Waals surface area contributed by atoms with Gasteiger partial charge in [0.05, 0.1) is 4.90 Å². The van der Waals surface area contributed by atoms with E-state index in [4.69, 9.17) is 0 Å². The number of nitrogens with one attached hydrogen (secondary N) is 1. The molecule has 0 aromatic heterocycles. The molecule has 0 atom stereocenters. The molecule has 1 fully saturated rings. The minimum atomic E-state index is -3.48. The van der Waals surface area contributed by atoms with Gasteiger partial charge in [0.15, 0.2) is 0 Å². The number of aryl methyl sites for hydroxylation is 1. The third-order valence-electron chi connectivity index (χ3n) is 5.27. The number of hydrogen-bond donors (Lipinski definition) is 1. The molecule has 0 spiro atoms. The van der Waals surface area contributed by atoms with E-state index in [-0.39, 0.29) is 10.8 Å². The topological polar surface area (TPSA) is 66.5 Å². The van der Waals surface area contributed by atoms with Crippen LogP contribution in [0.5, 0.6) is 0 Å². The predicted molar refractivity (Wildman–Crippen MR) is 106 cm³/mol. The Balaban J connectivity index is 1.52. The molecule has 2 aromatic rings. The Hall–Kier alpha value is -2.18. The van der Waals surface area contributed by atoms with E-state index in [0.29, 0.717) is 11.5 Å². The smallest absolute Gasteiger partial charge is 0.253 e. The molecule has 0 saturated carbocycles. The molecular weight excluding hydrogens is 360 g/mol. The molecule has 1 N–H and O–H groups in total. The fourth-order valence-electron chi connectivity index (χ4n) is 3.52. The van der Waals surface area contributed by atoms with E-state index < -0.39 is 10.0 Å². The van der Waals surface area contributed by atoms with Crippen LogP contribution in [0.3, 0.4) is 0 Å². The molecule has 1 aliphatic heterocycles. The van der Waals surface area contributed by atoms with E-state index in [0.717, 1.165) is 38.8 Å². The third-order valence-corrected chi connectivity index (χ3v) is 6.70. The molecule has 27 heavy (non-hydrogen) atoms. The van der Waals surface area contributed by atoms with E-state index in [2.05, 4.69) is 29.0 Å². The maximum Gasteiger partial charge on any atom is 0.253 e. The standard InChI is InChI=1S/C21H26N2O3S/c1-22-27(25,26)20-11-9-19(10-12-20)21(24)23-15-13-18(14-16-23)8-7-17-5-3-2-4-6-17/h2-6,9-12,18,22H,7-8,13-16H2,1H3. The molecule has 0 radical (unpaired) electrons. The minimum absolute atomic E-state index is 0.0232. The average molecular weight is 387 g/mol. The number of rotatable bonds is 6. The fourth-order valence-corrected chi connectivity index (χ4v) is 4.25. The van der Waals surface area contributed by atoms with Crippen molar-refractivity contribution in [3.63, 3.8) is 0 Å². The molecule has 3 rings (SSSR count). The van der Waals surface area contributed by atoms with Crippen LogP contribution >= 0.6 is 0 Å². The number of carbonyl (C=O) groups is 1. The summed E-state index contributed by atoms with van der Waals surface area (Å²) in [6, 6.07) is 16.6. The van der Waals surface area contributed by atoms with Gasteiger partial charge in [-0.3, -0.25) is 4.79 Å². The molecule has 1 saturated heterocycles. The molecule has 0 aliphatic carbocycles. The number of piperidine rings is 1. The first kappa shape index (κ1) is 19.6. The summed E-state index contributed by atoms with van der Waals surface area (Å²) in [6.45, 7) is 1.52. The second kappa shape index (κ2) is 8.67. The van der Waals surface area contributed by atoms with Crippen molar-refractivity contribution in [2.24, 2.45) is 5.92 Å². The van der Waals surface area contributed by atoms with Crippen molar-refractivity contribution in [1.82, 2.24) is 9.62 Å². The summed E-state index contributed by atoms with van der Waals surface area (Å²) in [5, 5.41) is 0. The quantitative estimate of drug-likeness (QED) is 0.830. The zero-order valence-corrected chi connectivity index (χ0v) is 16.4. The van der Waals surface area contributed by atoms with Crippen LogP contribution in [0.1, 0.15) is 35.2 Å². The zero-order valence-electron chi connectivity index (χ0n) is 15.6. The first-order chi connectivity index (χ1) is 13.0. The summed E-state index contributed by atoms with van der Waals surface area (Å²) >= 11 is 0. The van der Waals surface area contributed by atoms with E-state index in [9.17, 15) is 13.2 Å². The summed E-state index contributed by atoms with van der Waals surface area (Å²) in [6.07, 6.45) is 4.28. The molecule has 2 aromatic carbocycles. The molecule has 1 amide bonds. The summed E-state index contributed by atoms with van der Waals surface area (Å²) in [5.41, 5.74) is 1.90. The highest BCUT2D eigenvalue weighted by molar-refractivity contribution is 7.89. The Kier molecular flexibility index (Phi) is 6.29. The number of sulfonamides is 1.